The van der Waals surface area contributed by atoms with E-state index in [-0.39, 0.29) is 23.5 Å². The molecule has 0 atom stereocenters. The molecule has 164 valence electrons. The van der Waals surface area contributed by atoms with E-state index in [2.05, 4.69) is 20.2 Å². The summed E-state index contributed by atoms with van der Waals surface area (Å²) in [5.74, 6) is -1.04. The van der Waals surface area contributed by atoms with Gasteiger partial charge in [0.15, 0.2) is 5.82 Å². The predicted octanol–water partition coefficient (Wildman–Crippen LogP) is 3.23. The highest BCUT2D eigenvalue weighted by Gasteiger charge is 2.33. The molecule has 32 heavy (non-hydrogen) atoms. The van der Waals surface area contributed by atoms with E-state index in [1.165, 1.54) is 23.6 Å². The number of carbonyl (C=O) groups excluding carboxylic acids is 1. The number of thiazole rings is 1. The lowest BCUT2D eigenvalue weighted by Crippen LogP contribution is -2.33. The molecule has 5 rings (SSSR count). The molecule has 1 saturated carbocycles. The number of ether oxygens (including phenoxy) is 1. The molecule has 2 N–H and O–H groups in total. The van der Waals surface area contributed by atoms with Crippen LogP contribution in [-0.2, 0) is 4.74 Å². The Morgan fingerprint density at radius 1 is 1.34 bits per heavy atom. The van der Waals surface area contributed by atoms with Gasteiger partial charge in [-0.1, -0.05) is 0 Å². The fraction of sp³-hybridized carbons (Fsp3) is 0.286. The number of rotatable bonds is 7. The Morgan fingerprint density at radius 3 is 2.91 bits per heavy atom. The van der Waals surface area contributed by atoms with Crippen molar-refractivity contribution in [3.8, 4) is 27.6 Å². The van der Waals surface area contributed by atoms with Crippen molar-refractivity contribution < 1.29 is 13.9 Å². The summed E-state index contributed by atoms with van der Waals surface area (Å²) < 4.78 is 23.7. The first kappa shape index (κ1) is 20.5. The van der Waals surface area contributed by atoms with Crippen molar-refractivity contribution in [2.75, 3.05) is 6.61 Å². The molecule has 4 aromatic rings. The van der Waals surface area contributed by atoms with Crippen LogP contribution >= 0.6 is 11.3 Å². The topological polar surface area (TPSA) is 114 Å². The van der Waals surface area contributed by atoms with Gasteiger partial charge in [-0.15, -0.1) is 11.3 Å². The number of primary amides is 1. The van der Waals surface area contributed by atoms with Crippen LogP contribution in [0.15, 0.2) is 42.3 Å². The zero-order chi connectivity index (χ0) is 22.2. The minimum atomic E-state index is -0.583. The third kappa shape index (κ3) is 3.69. The fourth-order valence-electron chi connectivity index (χ4n) is 3.68. The highest BCUT2D eigenvalue weighted by atomic mass is 32.1. The van der Waals surface area contributed by atoms with E-state index in [1.54, 1.807) is 28.5 Å². The molecule has 0 radical (unpaired) electrons. The molecule has 9 nitrogen and oxygen atoms in total. The number of nitrogens with zero attached hydrogens (tertiary/aromatic N) is 6. The third-order valence-corrected chi connectivity index (χ3v) is 6.27. The Balaban J connectivity index is 1.52. The Morgan fingerprint density at radius 2 is 2.19 bits per heavy atom. The van der Waals surface area contributed by atoms with Gasteiger partial charge in [-0.05, 0) is 31.9 Å². The summed E-state index contributed by atoms with van der Waals surface area (Å²) in [4.78, 5) is 19.8. The van der Waals surface area contributed by atoms with Gasteiger partial charge in [0.25, 0.3) is 5.91 Å². The minimum absolute atomic E-state index is 0.157. The monoisotopic (exact) mass is 453 g/mol. The van der Waals surface area contributed by atoms with Crippen LogP contribution in [0.4, 0.5) is 4.39 Å². The van der Waals surface area contributed by atoms with Crippen LogP contribution in [-0.4, -0.2) is 48.1 Å². The standard InChI is InChI=1S/C21H20FN7O2S/c1-2-31-14-6-13(7-14)28-10-17(19(27-28)18-15(22)4-3-5-24-18)29-9-12(8-25-29)21-26-16(11-32-21)20(23)30/h3-5,8-11,13-14H,2,6-7H2,1H3,(H2,23,30). The predicted molar refractivity (Wildman–Crippen MR) is 116 cm³/mol. The maximum Gasteiger partial charge on any atom is 0.268 e. The first-order valence-corrected chi connectivity index (χ1v) is 11.0. The molecule has 0 aliphatic heterocycles. The van der Waals surface area contributed by atoms with Crippen LogP contribution in [0.25, 0.3) is 27.6 Å². The molecular formula is C21H20FN7O2S. The number of aromatic nitrogens is 6. The van der Waals surface area contributed by atoms with Crippen LogP contribution in [0, 0.1) is 5.82 Å². The van der Waals surface area contributed by atoms with Crippen molar-refractivity contribution in [2.45, 2.75) is 31.9 Å². The summed E-state index contributed by atoms with van der Waals surface area (Å²) in [6.07, 6.45) is 8.69. The van der Waals surface area contributed by atoms with Crippen molar-refractivity contribution in [1.82, 2.24) is 29.5 Å². The smallest absolute Gasteiger partial charge is 0.268 e. The van der Waals surface area contributed by atoms with Gasteiger partial charge in [0.05, 0.1) is 24.5 Å². The largest absolute Gasteiger partial charge is 0.378 e. The molecule has 11 heteroatoms. The summed E-state index contributed by atoms with van der Waals surface area (Å²) in [5.41, 5.74) is 7.37. The van der Waals surface area contributed by atoms with Gasteiger partial charge >= 0.3 is 0 Å². The summed E-state index contributed by atoms with van der Waals surface area (Å²) in [7, 11) is 0. The zero-order valence-corrected chi connectivity index (χ0v) is 18.0. The van der Waals surface area contributed by atoms with Crippen LogP contribution in [0.2, 0.25) is 0 Å². The highest BCUT2D eigenvalue weighted by molar-refractivity contribution is 7.13. The molecule has 0 spiro atoms. The number of pyridine rings is 1. The third-order valence-electron chi connectivity index (χ3n) is 5.37. The number of amides is 1. The Bertz CT molecular complexity index is 1270. The van der Waals surface area contributed by atoms with Crippen molar-refractivity contribution >= 4 is 17.2 Å². The maximum absolute atomic E-state index is 14.6. The fourth-order valence-corrected chi connectivity index (χ4v) is 4.46. The first-order chi connectivity index (χ1) is 15.5. The number of hydrogen-bond acceptors (Lipinski definition) is 7. The number of carbonyl (C=O) groups is 1. The summed E-state index contributed by atoms with van der Waals surface area (Å²) in [5, 5.41) is 11.3. The van der Waals surface area contributed by atoms with E-state index in [9.17, 15) is 9.18 Å². The average molecular weight is 454 g/mol. The van der Waals surface area contributed by atoms with Crippen LogP contribution in [0.3, 0.4) is 0 Å². The lowest BCUT2D eigenvalue weighted by atomic mass is 9.89. The van der Waals surface area contributed by atoms with Gasteiger partial charge in [0.2, 0.25) is 0 Å². The molecule has 4 heterocycles. The van der Waals surface area contributed by atoms with Gasteiger partial charge in [-0.3, -0.25) is 14.5 Å². The quantitative estimate of drug-likeness (QED) is 0.460. The van der Waals surface area contributed by atoms with E-state index >= 15 is 0 Å². The van der Waals surface area contributed by atoms with Crippen molar-refractivity contribution in [3.63, 3.8) is 0 Å². The minimum Gasteiger partial charge on any atom is -0.378 e. The van der Waals surface area contributed by atoms with E-state index in [4.69, 9.17) is 10.5 Å². The van der Waals surface area contributed by atoms with Crippen LogP contribution in [0.1, 0.15) is 36.3 Å². The second-order valence-corrected chi connectivity index (χ2v) is 8.31. The van der Waals surface area contributed by atoms with Crippen molar-refractivity contribution in [1.29, 1.82) is 0 Å². The van der Waals surface area contributed by atoms with E-state index in [1.807, 2.05) is 17.8 Å². The van der Waals surface area contributed by atoms with Gasteiger partial charge in [-0.2, -0.15) is 10.2 Å². The molecule has 1 aliphatic carbocycles. The molecule has 0 aromatic carbocycles. The van der Waals surface area contributed by atoms with Gasteiger partial charge in [-0.25, -0.2) is 14.1 Å². The summed E-state index contributed by atoms with van der Waals surface area (Å²) >= 11 is 1.30. The van der Waals surface area contributed by atoms with Crippen molar-refractivity contribution in [2.24, 2.45) is 5.73 Å². The Hall–Kier alpha value is -3.44. The zero-order valence-electron chi connectivity index (χ0n) is 17.2. The van der Waals surface area contributed by atoms with Crippen LogP contribution in [0.5, 0.6) is 0 Å². The molecule has 0 bridgehead atoms. The highest BCUT2D eigenvalue weighted by Crippen LogP contribution is 2.37. The molecule has 0 unspecified atom stereocenters. The second kappa shape index (κ2) is 8.24. The van der Waals surface area contributed by atoms with Gasteiger partial charge in [0, 0.05) is 29.9 Å². The second-order valence-electron chi connectivity index (χ2n) is 7.46. The van der Waals surface area contributed by atoms with E-state index < -0.39 is 11.7 Å². The Labute approximate surface area is 186 Å². The van der Waals surface area contributed by atoms with E-state index in [0.717, 1.165) is 12.8 Å². The Kier molecular flexibility index (Phi) is 5.27. The molecular weight excluding hydrogens is 433 g/mol. The average Bonchev–Trinajstić information content (AvgIpc) is 3.49. The number of nitrogens with two attached hydrogens (primary N) is 1. The summed E-state index contributed by atoms with van der Waals surface area (Å²) in [6, 6.07) is 3.06. The molecule has 1 fully saturated rings. The van der Waals surface area contributed by atoms with Gasteiger partial charge in [0.1, 0.15) is 27.8 Å². The van der Waals surface area contributed by atoms with Crippen LogP contribution < -0.4 is 5.73 Å². The molecule has 4 aromatic heterocycles. The normalized spacial score (nSPS) is 17.9. The number of halogens is 1. The van der Waals surface area contributed by atoms with E-state index in [0.29, 0.717) is 28.6 Å². The van der Waals surface area contributed by atoms with Gasteiger partial charge < -0.3 is 10.5 Å². The molecule has 1 amide bonds. The number of hydrogen-bond donors (Lipinski definition) is 1. The SMILES string of the molecule is CCOC1CC(n2cc(-n3cc(-c4nc(C(N)=O)cs4)cn3)c(-c3ncccc3F)n2)C1. The summed E-state index contributed by atoms with van der Waals surface area (Å²) in [6.45, 7) is 2.65. The molecule has 0 saturated heterocycles. The van der Waals surface area contributed by atoms with Crippen molar-refractivity contribution in [3.05, 3.63) is 53.8 Å². The first-order valence-electron chi connectivity index (χ1n) is 10.2. The lowest BCUT2D eigenvalue weighted by molar-refractivity contribution is -0.0226. The maximum atomic E-state index is 14.6. The molecule has 1 aliphatic rings. The lowest BCUT2D eigenvalue weighted by Gasteiger charge is -2.34.